The Morgan fingerprint density at radius 2 is 1.88 bits per heavy atom. The molecular weight excluding hydrogens is 437 g/mol. The van der Waals surface area contributed by atoms with Crippen molar-refractivity contribution in [1.82, 2.24) is 5.32 Å². The van der Waals surface area contributed by atoms with E-state index in [-0.39, 0.29) is 5.82 Å². The van der Waals surface area contributed by atoms with Gasteiger partial charge in [0.05, 0.1) is 0 Å². The Morgan fingerprint density at radius 3 is 2.29 bits per heavy atom. The molecule has 0 amide bonds. The van der Waals surface area contributed by atoms with E-state index in [2.05, 4.69) is 74.6 Å². The molecule has 1 aliphatic carbocycles. The van der Waals surface area contributed by atoms with Gasteiger partial charge in [0.25, 0.3) is 0 Å². The van der Waals surface area contributed by atoms with Gasteiger partial charge in [-0.3, -0.25) is 0 Å². The number of hydrogen-bond donors (Lipinski definition) is 1. The maximum absolute atomic E-state index is 12.8. The van der Waals surface area contributed by atoms with E-state index in [1.54, 1.807) is 23.5 Å². The Bertz CT molecular complexity index is 934. The fourth-order valence-electron chi connectivity index (χ4n) is 3.59. The fourth-order valence-corrected chi connectivity index (χ4v) is 4.34. The summed E-state index contributed by atoms with van der Waals surface area (Å²) >= 11 is 1.80. The molecule has 0 saturated heterocycles. The number of allylic oxidation sites excluding steroid dienone is 5. The number of aryl methyl sites for hydroxylation is 1. The molecule has 0 radical (unpaired) electrons. The summed E-state index contributed by atoms with van der Waals surface area (Å²) in [5.41, 5.74) is 5.58. The van der Waals surface area contributed by atoms with Crippen LogP contribution in [0.1, 0.15) is 64.0 Å². The third kappa shape index (κ3) is 10.6. The van der Waals surface area contributed by atoms with Crippen molar-refractivity contribution >= 4 is 22.5 Å². The first-order valence-electron chi connectivity index (χ1n) is 12.0. The molecule has 3 heteroatoms. The fraction of sp³-hybridized carbons (Fsp3) is 0.355. The van der Waals surface area contributed by atoms with Crippen molar-refractivity contribution in [2.45, 2.75) is 60.4 Å². The van der Waals surface area contributed by atoms with Crippen LogP contribution in [0.4, 0.5) is 4.39 Å². The Kier molecular flexibility index (Phi) is 16.6. The number of benzene rings is 1. The van der Waals surface area contributed by atoms with Crippen molar-refractivity contribution in [2.24, 2.45) is 5.92 Å². The Labute approximate surface area is 212 Å². The zero-order valence-electron chi connectivity index (χ0n) is 22.2. The summed E-state index contributed by atoms with van der Waals surface area (Å²) in [6, 6.07) is 9.51. The summed E-state index contributed by atoms with van der Waals surface area (Å²) in [6.07, 6.45) is 10.6. The largest absolute Gasteiger partial charge is 0.313 e. The molecule has 1 heterocycles. The molecule has 3 rings (SSSR count). The Morgan fingerprint density at radius 1 is 1.24 bits per heavy atom. The molecule has 2 atom stereocenters. The third-order valence-electron chi connectivity index (χ3n) is 5.12. The van der Waals surface area contributed by atoms with Gasteiger partial charge in [0.15, 0.2) is 0 Å². The molecular formula is C31H44FNS. The lowest BCUT2D eigenvalue weighted by molar-refractivity contribution is 0.489. The van der Waals surface area contributed by atoms with E-state index >= 15 is 0 Å². The van der Waals surface area contributed by atoms with E-state index in [9.17, 15) is 4.39 Å². The zero-order chi connectivity index (χ0) is 26.1. The van der Waals surface area contributed by atoms with E-state index in [1.165, 1.54) is 22.1 Å². The van der Waals surface area contributed by atoms with Crippen LogP contribution >= 0.6 is 11.3 Å². The van der Waals surface area contributed by atoms with Crippen molar-refractivity contribution in [3.8, 4) is 0 Å². The van der Waals surface area contributed by atoms with Crippen LogP contribution in [0.2, 0.25) is 0 Å². The van der Waals surface area contributed by atoms with E-state index in [0.717, 1.165) is 29.5 Å². The summed E-state index contributed by atoms with van der Waals surface area (Å²) in [6.45, 7) is 23.2. The van der Waals surface area contributed by atoms with Crippen molar-refractivity contribution < 1.29 is 4.39 Å². The molecule has 0 spiro atoms. The predicted octanol–water partition coefficient (Wildman–Crippen LogP) is 9.51. The van der Waals surface area contributed by atoms with E-state index in [4.69, 9.17) is 0 Å². The monoisotopic (exact) mass is 481 g/mol. The molecule has 1 N–H and O–H groups in total. The van der Waals surface area contributed by atoms with Gasteiger partial charge in [-0.1, -0.05) is 81.5 Å². The van der Waals surface area contributed by atoms with Crippen LogP contribution in [0.25, 0.3) is 11.1 Å². The average Bonchev–Trinajstić information content (AvgIpc) is 3.37. The van der Waals surface area contributed by atoms with Crippen LogP contribution in [0.3, 0.4) is 0 Å². The maximum atomic E-state index is 12.8. The highest BCUT2D eigenvalue weighted by Crippen LogP contribution is 2.29. The summed E-state index contributed by atoms with van der Waals surface area (Å²) < 4.78 is 12.8. The summed E-state index contributed by atoms with van der Waals surface area (Å²) in [7, 11) is 2.01. The number of rotatable bonds is 6. The molecule has 0 saturated carbocycles. The molecule has 1 aliphatic rings. The highest BCUT2D eigenvalue weighted by molar-refractivity contribution is 7.11. The van der Waals surface area contributed by atoms with E-state index < -0.39 is 0 Å². The van der Waals surface area contributed by atoms with Crippen molar-refractivity contribution in [2.75, 3.05) is 7.05 Å². The third-order valence-corrected chi connectivity index (χ3v) is 6.04. The lowest BCUT2D eigenvalue weighted by Crippen LogP contribution is -2.33. The molecule has 1 aromatic carbocycles. The van der Waals surface area contributed by atoms with Gasteiger partial charge < -0.3 is 5.32 Å². The second kappa shape index (κ2) is 17.9. The normalized spacial score (nSPS) is 14.6. The van der Waals surface area contributed by atoms with Gasteiger partial charge >= 0.3 is 0 Å². The smallest absolute Gasteiger partial charge is 0.123 e. The van der Waals surface area contributed by atoms with Gasteiger partial charge in [-0.25, -0.2) is 4.39 Å². The number of thiophene rings is 1. The van der Waals surface area contributed by atoms with E-state index in [0.29, 0.717) is 12.0 Å². The molecule has 0 fully saturated rings. The minimum absolute atomic E-state index is 0.190. The minimum Gasteiger partial charge on any atom is -0.313 e. The first-order valence-corrected chi connectivity index (χ1v) is 12.9. The van der Waals surface area contributed by atoms with Crippen LogP contribution in [-0.2, 0) is 6.42 Å². The molecule has 2 unspecified atom stereocenters. The van der Waals surface area contributed by atoms with Gasteiger partial charge in [-0.2, -0.15) is 0 Å². The second-order valence-corrected chi connectivity index (χ2v) is 8.80. The number of likely N-dealkylation sites (N-methyl/N-ethyl adjacent to an activating group) is 1. The van der Waals surface area contributed by atoms with Crippen LogP contribution in [0.5, 0.6) is 0 Å². The predicted molar refractivity (Wildman–Crippen MR) is 155 cm³/mol. The number of hydrogen-bond acceptors (Lipinski definition) is 2. The lowest BCUT2D eigenvalue weighted by Gasteiger charge is -2.26. The minimum atomic E-state index is -0.190. The second-order valence-electron chi connectivity index (χ2n) is 7.85. The van der Waals surface area contributed by atoms with E-state index in [1.807, 2.05) is 40.8 Å². The molecule has 1 aromatic heterocycles. The molecule has 186 valence electrons. The van der Waals surface area contributed by atoms with Crippen LogP contribution in [0, 0.1) is 11.7 Å². The van der Waals surface area contributed by atoms with Gasteiger partial charge in [0, 0.05) is 10.9 Å². The quantitative estimate of drug-likeness (QED) is 0.405. The van der Waals surface area contributed by atoms with Crippen molar-refractivity contribution in [3.63, 3.8) is 0 Å². The number of halogens is 1. The van der Waals surface area contributed by atoms with Crippen LogP contribution in [-0.4, -0.2) is 13.1 Å². The van der Waals surface area contributed by atoms with Crippen LogP contribution in [0.15, 0.2) is 85.3 Å². The van der Waals surface area contributed by atoms with Gasteiger partial charge in [-0.15, -0.1) is 17.9 Å². The topological polar surface area (TPSA) is 12.0 Å². The average molecular weight is 482 g/mol. The Balaban J connectivity index is 0.000000561. The first kappa shape index (κ1) is 31.5. The van der Waals surface area contributed by atoms with Gasteiger partial charge in [0.1, 0.15) is 5.82 Å². The maximum Gasteiger partial charge on any atom is 0.123 e. The standard InChI is InChI=1S/C15H19NS.C11H13F.C3H6.C2H6/c1-11(2)15(16-3)13-8-6-12(7-9-13)14-5-4-10-17-14;1-4-9-5-6-10(12)7-11(9)8(2)3;1-3-2;1-2/h4-8,10,13,15-16H,1,9H2,2-3H3;5-7H,2,4H2,1,3H3;3H,1H2,2H3;1-2H3. The van der Waals surface area contributed by atoms with Gasteiger partial charge in [-0.05, 0) is 86.9 Å². The van der Waals surface area contributed by atoms with Gasteiger partial charge in [0.2, 0.25) is 0 Å². The molecule has 1 nitrogen and oxygen atoms in total. The lowest BCUT2D eigenvalue weighted by atomic mass is 9.87. The SMILES string of the molecule is C=C(C)C(NC)C1C=CC(c2cccs2)=CC1.C=C(C)c1cc(F)ccc1CC.C=CC.CC. The molecule has 0 aliphatic heterocycles. The number of nitrogens with one attached hydrogen (secondary N) is 1. The summed E-state index contributed by atoms with van der Waals surface area (Å²) in [5, 5.41) is 5.47. The summed E-state index contributed by atoms with van der Waals surface area (Å²) in [4.78, 5) is 1.36. The zero-order valence-corrected chi connectivity index (χ0v) is 23.1. The molecule has 34 heavy (non-hydrogen) atoms. The molecule has 2 aromatic rings. The Hall–Kier alpha value is -2.49. The van der Waals surface area contributed by atoms with Crippen molar-refractivity contribution in [3.05, 3.63) is 107 Å². The highest BCUT2D eigenvalue weighted by Gasteiger charge is 2.19. The first-order chi connectivity index (χ1) is 16.3. The molecule has 0 bridgehead atoms. The van der Waals surface area contributed by atoms with Crippen molar-refractivity contribution in [1.29, 1.82) is 0 Å². The highest BCUT2D eigenvalue weighted by atomic mass is 32.1. The van der Waals surface area contributed by atoms with Crippen LogP contribution < -0.4 is 5.32 Å². The summed E-state index contributed by atoms with van der Waals surface area (Å²) in [5.74, 6) is 0.339.